The molecule has 1 atom stereocenters. The van der Waals surface area contributed by atoms with E-state index in [4.69, 9.17) is 0 Å². The van der Waals surface area contributed by atoms with Gasteiger partial charge in [-0.3, -0.25) is 4.79 Å². The Morgan fingerprint density at radius 1 is 1.43 bits per heavy atom. The van der Waals surface area contributed by atoms with Crippen molar-refractivity contribution in [3.63, 3.8) is 0 Å². The normalized spacial score (nSPS) is 22.6. The highest BCUT2D eigenvalue weighted by Gasteiger charge is 2.26. The van der Waals surface area contributed by atoms with Gasteiger partial charge in [0.15, 0.2) is 0 Å². The van der Waals surface area contributed by atoms with E-state index >= 15 is 0 Å². The highest BCUT2D eigenvalue weighted by Crippen LogP contribution is 2.23. The standard InChI is InChI=1S/C12H23NO/c1-4-11(5-2)13(3)9-10-7-6-8-12(10)14/h10-11H,4-9H2,1-3H3. The van der Waals surface area contributed by atoms with Gasteiger partial charge >= 0.3 is 0 Å². The summed E-state index contributed by atoms with van der Waals surface area (Å²) in [5, 5.41) is 0. The van der Waals surface area contributed by atoms with Gasteiger partial charge in [-0.1, -0.05) is 13.8 Å². The highest BCUT2D eigenvalue weighted by atomic mass is 16.1. The number of hydrogen-bond acceptors (Lipinski definition) is 2. The van der Waals surface area contributed by atoms with Crippen molar-refractivity contribution in [1.82, 2.24) is 4.90 Å². The Balaban J connectivity index is 2.38. The van der Waals surface area contributed by atoms with Gasteiger partial charge in [0, 0.05) is 24.9 Å². The van der Waals surface area contributed by atoms with Crippen LogP contribution in [0.3, 0.4) is 0 Å². The number of carbonyl (C=O) groups is 1. The lowest BCUT2D eigenvalue weighted by Gasteiger charge is -2.28. The maximum Gasteiger partial charge on any atom is 0.137 e. The summed E-state index contributed by atoms with van der Waals surface area (Å²) in [5.41, 5.74) is 0. The minimum absolute atomic E-state index is 0.334. The summed E-state index contributed by atoms with van der Waals surface area (Å²) < 4.78 is 0. The smallest absolute Gasteiger partial charge is 0.137 e. The molecule has 0 aromatic rings. The Morgan fingerprint density at radius 2 is 2.07 bits per heavy atom. The summed E-state index contributed by atoms with van der Waals surface area (Å²) in [6.07, 6.45) is 5.42. The SMILES string of the molecule is CCC(CC)N(C)CC1CCCC1=O. The lowest BCUT2D eigenvalue weighted by molar-refractivity contribution is -0.121. The van der Waals surface area contributed by atoms with Crippen molar-refractivity contribution in [2.24, 2.45) is 5.92 Å². The molecule has 1 rings (SSSR count). The number of nitrogens with zero attached hydrogens (tertiary/aromatic N) is 1. The van der Waals surface area contributed by atoms with Crippen molar-refractivity contribution in [3.05, 3.63) is 0 Å². The van der Waals surface area contributed by atoms with Crippen molar-refractivity contribution >= 4 is 5.78 Å². The van der Waals surface area contributed by atoms with Crippen LogP contribution in [-0.4, -0.2) is 30.3 Å². The van der Waals surface area contributed by atoms with Crippen molar-refractivity contribution in [2.45, 2.75) is 52.0 Å². The fraction of sp³-hybridized carbons (Fsp3) is 0.917. The molecule has 0 aliphatic heterocycles. The van der Waals surface area contributed by atoms with Gasteiger partial charge in [-0.05, 0) is 32.7 Å². The van der Waals surface area contributed by atoms with Gasteiger partial charge < -0.3 is 4.90 Å². The van der Waals surface area contributed by atoms with Gasteiger partial charge in [0.25, 0.3) is 0 Å². The molecule has 0 saturated heterocycles. The molecule has 0 heterocycles. The average Bonchev–Trinajstić information content (AvgIpc) is 2.54. The average molecular weight is 197 g/mol. The van der Waals surface area contributed by atoms with Gasteiger partial charge in [-0.25, -0.2) is 0 Å². The molecule has 1 fully saturated rings. The van der Waals surface area contributed by atoms with E-state index in [-0.39, 0.29) is 0 Å². The molecule has 0 aromatic heterocycles. The zero-order chi connectivity index (χ0) is 10.6. The molecule has 82 valence electrons. The Labute approximate surface area is 87.7 Å². The molecule has 1 aliphatic carbocycles. The van der Waals surface area contributed by atoms with E-state index in [0.717, 1.165) is 25.8 Å². The van der Waals surface area contributed by atoms with Crippen molar-refractivity contribution in [3.8, 4) is 0 Å². The van der Waals surface area contributed by atoms with Crippen LogP contribution in [-0.2, 0) is 4.79 Å². The van der Waals surface area contributed by atoms with Gasteiger partial charge in [0.2, 0.25) is 0 Å². The lowest BCUT2D eigenvalue weighted by Crippen LogP contribution is -2.35. The third kappa shape index (κ3) is 2.81. The quantitative estimate of drug-likeness (QED) is 0.675. The molecule has 14 heavy (non-hydrogen) atoms. The molecule has 0 N–H and O–H groups in total. The molecule has 1 saturated carbocycles. The second kappa shape index (κ2) is 5.50. The molecule has 0 aromatic carbocycles. The van der Waals surface area contributed by atoms with Crippen LogP contribution in [0.5, 0.6) is 0 Å². The largest absolute Gasteiger partial charge is 0.303 e. The molecule has 1 unspecified atom stereocenters. The number of carbonyl (C=O) groups excluding carboxylic acids is 1. The van der Waals surface area contributed by atoms with Crippen molar-refractivity contribution < 1.29 is 4.79 Å². The fourth-order valence-electron chi connectivity index (χ4n) is 2.49. The monoisotopic (exact) mass is 197 g/mol. The van der Waals surface area contributed by atoms with E-state index in [1.165, 1.54) is 12.8 Å². The molecule has 2 nitrogen and oxygen atoms in total. The van der Waals surface area contributed by atoms with Crippen LogP contribution in [0.2, 0.25) is 0 Å². The maximum absolute atomic E-state index is 11.5. The second-order valence-electron chi connectivity index (χ2n) is 4.47. The van der Waals surface area contributed by atoms with Crippen LogP contribution >= 0.6 is 0 Å². The van der Waals surface area contributed by atoms with Crippen LogP contribution in [0.1, 0.15) is 46.0 Å². The first-order valence-electron chi connectivity index (χ1n) is 5.92. The Bertz CT molecular complexity index is 187. The molecule has 0 radical (unpaired) electrons. The summed E-state index contributed by atoms with van der Waals surface area (Å²) in [6.45, 7) is 5.42. The first kappa shape index (κ1) is 11.7. The fourth-order valence-corrected chi connectivity index (χ4v) is 2.49. The molecular formula is C12H23NO. The molecule has 0 bridgehead atoms. The third-order valence-electron chi connectivity index (χ3n) is 3.51. The van der Waals surface area contributed by atoms with Crippen LogP contribution < -0.4 is 0 Å². The summed E-state index contributed by atoms with van der Waals surface area (Å²) in [6, 6.07) is 0.656. The number of Topliss-reactive ketones (excluding diaryl/α,β-unsaturated/α-hetero) is 1. The number of rotatable bonds is 5. The van der Waals surface area contributed by atoms with E-state index < -0.39 is 0 Å². The minimum atomic E-state index is 0.334. The molecule has 1 aliphatic rings. The van der Waals surface area contributed by atoms with Crippen LogP contribution in [0.15, 0.2) is 0 Å². The van der Waals surface area contributed by atoms with E-state index in [0.29, 0.717) is 17.7 Å². The predicted octanol–water partition coefficient (Wildman–Crippen LogP) is 2.48. The molecule has 0 amide bonds. The van der Waals surface area contributed by atoms with E-state index in [9.17, 15) is 4.79 Å². The van der Waals surface area contributed by atoms with Crippen LogP contribution in [0, 0.1) is 5.92 Å². The maximum atomic E-state index is 11.5. The molecule has 0 spiro atoms. The first-order valence-corrected chi connectivity index (χ1v) is 5.92. The number of hydrogen-bond donors (Lipinski definition) is 0. The summed E-state index contributed by atoms with van der Waals surface area (Å²) in [5.74, 6) is 0.823. The predicted molar refractivity (Wildman–Crippen MR) is 59.3 cm³/mol. The van der Waals surface area contributed by atoms with Crippen molar-refractivity contribution in [2.75, 3.05) is 13.6 Å². The summed E-state index contributed by atoms with van der Waals surface area (Å²) >= 11 is 0. The van der Waals surface area contributed by atoms with Crippen LogP contribution in [0.4, 0.5) is 0 Å². The summed E-state index contributed by atoms with van der Waals surface area (Å²) in [7, 11) is 2.16. The Kier molecular flexibility index (Phi) is 4.59. The Morgan fingerprint density at radius 3 is 2.50 bits per heavy atom. The zero-order valence-corrected chi connectivity index (χ0v) is 9.75. The highest BCUT2D eigenvalue weighted by molar-refractivity contribution is 5.83. The minimum Gasteiger partial charge on any atom is -0.303 e. The molecule has 2 heteroatoms. The van der Waals surface area contributed by atoms with E-state index in [1.54, 1.807) is 0 Å². The number of ketones is 1. The van der Waals surface area contributed by atoms with E-state index in [2.05, 4.69) is 25.8 Å². The van der Waals surface area contributed by atoms with Gasteiger partial charge in [-0.15, -0.1) is 0 Å². The second-order valence-corrected chi connectivity index (χ2v) is 4.47. The first-order chi connectivity index (χ1) is 6.69. The summed E-state index contributed by atoms with van der Waals surface area (Å²) in [4.78, 5) is 13.9. The molecular weight excluding hydrogens is 174 g/mol. The Hall–Kier alpha value is -0.370. The lowest BCUT2D eigenvalue weighted by atomic mass is 10.0. The third-order valence-corrected chi connectivity index (χ3v) is 3.51. The zero-order valence-electron chi connectivity index (χ0n) is 9.75. The van der Waals surface area contributed by atoms with Gasteiger partial charge in [0.05, 0.1) is 0 Å². The van der Waals surface area contributed by atoms with Crippen LogP contribution in [0.25, 0.3) is 0 Å². The van der Waals surface area contributed by atoms with E-state index in [1.807, 2.05) is 0 Å². The van der Waals surface area contributed by atoms with Crippen molar-refractivity contribution in [1.29, 1.82) is 0 Å². The van der Waals surface area contributed by atoms with Gasteiger partial charge in [0.1, 0.15) is 5.78 Å². The van der Waals surface area contributed by atoms with Gasteiger partial charge in [-0.2, -0.15) is 0 Å². The topological polar surface area (TPSA) is 20.3 Å².